The van der Waals surface area contributed by atoms with Crippen molar-refractivity contribution in [2.24, 2.45) is 0 Å². The topological polar surface area (TPSA) is 86.8 Å². The van der Waals surface area contributed by atoms with Crippen LogP contribution in [0.1, 0.15) is 22.3 Å². The number of rotatable bonds is 1. The Morgan fingerprint density at radius 2 is 1.95 bits per heavy atom. The van der Waals surface area contributed by atoms with Crippen LogP contribution in [0.5, 0.6) is 11.5 Å². The second-order valence-corrected chi connectivity index (χ2v) is 5.11. The van der Waals surface area contributed by atoms with Crippen LogP contribution in [0.25, 0.3) is 0 Å². The molecule has 2 aromatic carbocycles. The quantitative estimate of drug-likeness (QED) is 0.554. The summed E-state index contributed by atoms with van der Waals surface area (Å²) in [6.45, 7) is 0.608. The van der Waals surface area contributed by atoms with Gasteiger partial charge in [0.05, 0.1) is 0 Å². The van der Waals surface area contributed by atoms with Crippen LogP contribution in [0.2, 0.25) is 0 Å². The van der Waals surface area contributed by atoms with Crippen molar-refractivity contribution in [1.82, 2.24) is 0 Å². The van der Waals surface area contributed by atoms with Gasteiger partial charge in [-0.05, 0) is 48.7 Å². The number of carbonyl (C=O) groups is 1. The van der Waals surface area contributed by atoms with Crippen molar-refractivity contribution < 1.29 is 15.0 Å². The second-order valence-electron chi connectivity index (χ2n) is 5.11. The maximum atomic E-state index is 12.6. The van der Waals surface area contributed by atoms with Gasteiger partial charge in [-0.3, -0.25) is 4.79 Å². The summed E-state index contributed by atoms with van der Waals surface area (Å²) in [5.41, 5.74) is 8.81. The Morgan fingerprint density at radius 1 is 1.14 bits per heavy atom. The number of nitrogens with zero attached hydrogens (tertiary/aromatic N) is 1. The molecule has 3 rings (SSSR count). The molecule has 0 atom stereocenters. The standard InChI is InChI=1S/C16H16N2O3/c17-12-4-1-5-13-11(12)3-2-8-18(13)16(21)10-6-7-14(19)15(20)9-10/h1,4-7,9,19-20H,2-3,8,17H2. The minimum atomic E-state index is -0.300. The molecule has 1 aliphatic heterocycles. The summed E-state index contributed by atoms with van der Waals surface area (Å²) in [4.78, 5) is 14.3. The highest BCUT2D eigenvalue weighted by atomic mass is 16.3. The number of nitrogens with two attached hydrogens (primary N) is 1. The number of amides is 1. The molecule has 0 radical (unpaired) electrons. The summed E-state index contributed by atoms with van der Waals surface area (Å²) in [6, 6.07) is 9.62. The molecule has 21 heavy (non-hydrogen) atoms. The maximum absolute atomic E-state index is 12.6. The van der Waals surface area contributed by atoms with Gasteiger partial charge in [-0.1, -0.05) is 6.07 Å². The lowest BCUT2D eigenvalue weighted by Crippen LogP contribution is -2.35. The van der Waals surface area contributed by atoms with Gasteiger partial charge in [0.2, 0.25) is 0 Å². The molecule has 0 saturated heterocycles. The molecule has 1 amide bonds. The zero-order valence-corrected chi connectivity index (χ0v) is 11.4. The number of hydrogen-bond acceptors (Lipinski definition) is 4. The van der Waals surface area contributed by atoms with Gasteiger partial charge in [-0.15, -0.1) is 0 Å². The van der Waals surface area contributed by atoms with Crippen LogP contribution < -0.4 is 10.6 Å². The van der Waals surface area contributed by atoms with Crippen molar-refractivity contribution in [2.45, 2.75) is 12.8 Å². The minimum Gasteiger partial charge on any atom is -0.504 e. The SMILES string of the molecule is Nc1cccc2c1CCCN2C(=O)c1ccc(O)c(O)c1. The van der Waals surface area contributed by atoms with E-state index in [2.05, 4.69) is 0 Å². The van der Waals surface area contributed by atoms with Gasteiger partial charge in [0.25, 0.3) is 5.91 Å². The Bertz CT molecular complexity index is 713. The molecule has 5 nitrogen and oxygen atoms in total. The van der Waals surface area contributed by atoms with Crippen LogP contribution in [0.3, 0.4) is 0 Å². The van der Waals surface area contributed by atoms with E-state index in [1.807, 2.05) is 18.2 Å². The first-order chi connectivity index (χ1) is 10.1. The van der Waals surface area contributed by atoms with Gasteiger partial charge in [0, 0.05) is 23.5 Å². The molecular weight excluding hydrogens is 268 g/mol. The Hall–Kier alpha value is -2.69. The van der Waals surface area contributed by atoms with Crippen LogP contribution in [0.15, 0.2) is 36.4 Å². The van der Waals surface area contributed by atoms with E-state index in [0.29, 0.717) is 17.8 Å². The largest absolute Gasteiger partial charge is 0.504 e. The molecule has 1 heterocycles. The number of benzene rings is 2. The van der Waals surface area contributed by atoms with E-state index < -0.39 is 0 Å². The lowest BCUT2D eigenvalue weighted by atomic mass is 9.99. The fourth-order valence-electron chi connectivity index (χ4n) is 2.67. The first kappa shape index (κ1) is 13.3. The number of phenolic OH excluding ortho intramolecular Hbond substituents is 2. The van der Waals surface area contributed by atoms with Gasteiger partial charge in [0.15, 0.2) is 11.5 Å². The van der Waals surface area contributed by atoms with Crippen LogP contribution in [0.4, 0.5) is 11.4 Å². The third kappa shape index (κ3) is 2.27. The number of aromatic hydroxyl groups is 2. The molecule has 0 aliphatic carbocycles. The van der Waals surface area contributed by atoms with Crippen molar-refractivity contribution in [3.05, 3.63) is 47.5 Å². The van der Waals surface area contributed by atoms with Crippen LogP contribution in [-0.2, 0) is 6.42 Å². The number of anilines is 2. The Balaban J connectivity index is 2.00. The monoisotopic (exact) mass is 284 g/mol. The summed E-state index contributed by atoms with van der Waals surface area (Å²) >= 11 is 0. The van der Waals surface area contributed by atoms with E-state index in [9.17, 15) is 15.0 Å². The van der Waals surface area contributed by atoms with E-state index in [1.54, 1.807) is 4.90 Å². The van der Waals surface area contributed by atoms with Crippen molar-refractivity contribution >= 4 is 17.3 Å². The number of nitrogen functional groups attached to an aromatic ring is 1. The third-order valence-corrected chi connectivity index (χ3v) is 3.75. The normalized spacial score (nSPS) is 13.8. The van der Waals surface area contributed by atoms with Crippen LogP contribution in [0, 0.1) is 0 Å². The molecule has 0 saturated carbocycles. The maximum Gasteiger partial charge on any atom is 0.258 e. The van der Waals surface area contributed by atoms with Crippen molar-refractivity contribution in [1.29, 1.82) is 0 Å². The van der Waals surface area contributed by atoms with E-state index in [0.717, 1.165) is 24.1 Å². The Labute approximate surface area is 122 Å². The van der Waals surface area contributed by atoms with E-state index in [1.165, 1.54) is 18.2 Å². The molecule has 0 bridgehead atoms. The summed E-state index contributed by atoms with van der Waals surface area (Å²) in [6.07, 6.45) is 1.70. The fourth-order valence-corrected chi connectivity index (χ4v) is 2.67. The summed E-state index contributed by atoms with van der Waals surface area (Å²) in [5.74, 6) is -0.752. The number of fused-ring (bicyclic) bond motifs is 1. The third-order valence-electron chi connectivity index (χ3n) is 3.75. The first-order valence-corrected chi connectivity index (χ1v) is 6.79. The molecule has 0 unspecified atom stereocenters. The average molecular weight is 284 g/mol. The Morgan fingerprint density at radius 3 is 2.71 bits per heavy atom. The summed E-state index contributed by atoms with van der Waals surface area (Å²) in [7, 11) is 0. The molecule has 2 aromatic rings. The van der Waals surface area contributed by atoms with Gasteiger partial charge < -0.3 is 20.8 Å². The molecular formula is C16H16N2O3. The highest BCUT2D eigenvalue weighted by molar-refractivity contribution is 6.07. The van der Waals surface area contributed by atoms with E-state index in [4.69, 9.17) is 5.73 Å². The highest BCUT2D eigenvalue weighted by Crippen LogP contribution is 2.33. The number of phenols is 2. The molecule has 5 heteroatoms. The van der Waals surface area contributed by atoms with Gasteiger partial charge >= 0.3 is 0 Å². The lowest BCUT2D eigenvalue weighted by Gasteiger charge is -2.30. The number of hydrogen-bond donors (Lipinski definition) is 3. The Kier molecular flexibility index (Phi) is 3.17. The zero-order chi connectivity index (χ0) is 15.0. The molecule has 108 valence electrons. The smallest absolute Gasteiger partial charge is 0.258 e. The van der Waals surface area contributed by atoms with Crippen molar-refractivity contribution in [3.63, 3.8) is 0 Å². The molecule has 0 spiro atoms. The van der Waals surface area contributed by atoms with Crippen molar-refractivity contribution in [2.75, 3.05) is 17.2 Å². The number of carbonyl (C=O) groups excluding carboxylic acids is 1. The first-order valence-electron chi connectivity index (χ1n) is 6.79. The second kappa shape index (κ2) is 5.01. The lowest BCUT2D eigenvalue weighted by molar-refractivity contribution is 0.0984. The highest BCUT2D eigenvalue weighted by Gasteiger charge is 2.25. The zero-order valence-electron chi connectivity index (χ0n) is 11.4. The van der Waals surface area contributed by atoms with Gasteiger partial charge in [-0.25, -0.2) is 0 Å². The summed E-state index contributed by atoms with van der Waals surface area (Å²) < 4.78 is 0. The van der Waals surface area contributed by atoms with E-state index in [-0.39, 0.29) is 17.4 Å². The minimum absolute atomic E-state index is 0.211. The molecule has 4 N–H and O–H groups in total. The van der Waals surface area contributed by atoms with Crippen LogP contribution in [-0.4, -0.2) is 22.7 Å². The fraction of sp³-hybridized carbons (Fsp3) is 0.188. The van der Waals surface area contributed by atoms with Gasteiger partial charge in [-0.2, -0.15) is 0 Å². The predicted octanol–water partition coefficient (Wildman–Crippen LogP) is 2.27. The van der Waals surface area contributed by atoms with Crippen molar-refractivity contribution in [3.8, 4) is 11.5 Å². The summed E-state index contributed by atoms with van der Waals surface area (Å²) in [5, 5.41) is 18.9. The van der Waals surface area contributed by atoms with E-state index >= 15 is 0 Å². The molecule has 0 fully saturated rings. The average Bonchev–Trinajstić information content (AvgIpc) is 2.49. The molecule has 1 aliphatic rings. The van der Waals surface area contributed by atoms with Gasteiger partial charge in [0.1, 0.15) is 0 Å². The predicted molar refractivity (Wildman–Crippen MR) is 80.6 cm³/mol. The van der Waals surface area contributed by atoms with Crippen LogP contribution >= 0.6 is 0 Å². The molecule has 0 aromatic heterocycles.